The van der Waals surface area contributed by atoms with Crippen LogP contribution in [0.4, 0.5) is 0 Å². The normalized spacial score (nSPS) is 15.0. The molecule has 0 N–H and O–H groups in total. The maximum Gasteiger partial charge on any atom is 0.144 e. The second kappa shape index (κ2) is 5.51. The average Bonchev–Trinajstić information content (AvgIpc) is 2.16. The van der Waals surface area contributed by atoms with Crippen molar-refractivity contribution in [2.45, 2.75) is 32.4 Å². The van der Waals surface area contributed by atoms with E-state index in [-0.39, 0.29) is 4.75 Å². The van der Waals surface area contributed by atoms with E-state index in [1.54, 1.807) is 0 Å². The van der Waals surface area contributed by atoms with Crippen molar-refractivity contribution in [3.63, 3.8) is 0 Å². The van der Waals surface area contributed by atoms with Crippen LogP contribution in [-0.2, 0) is 11.4 Å². The third-order valence-electron chi connectivity index (χ3n) is 1.99. The largest absolute Gasteiger partial charge is 0.591 e. The van der Waals surface area contributed by atoms with Crippen LogP contribution in [0.25, 0.3) is 0 Å². The summed E-state index contributed by atoms with van der Waals surface area (Å²) in [7, 11) is 0. The number of hydrogen-bond donors (Lipinski definition) is 0. The highest BCUT2D eigenvalue weighted by Gasteiger charge is 2.26. The number of hydrogen-bond acceptors (Lipinski definition) is 2. The Kier molecular flexibility index (Phi) is 4.82. The molecule has 0 aliphatic rings. The summed E-state index contributed by atoms with van der Waals surface area (Å²) < 4.78 is 17.0. The van der Waals surface area contributed by atoms with E-state index in [9.17, 15) is 4.55 Å². The standard InChI is InChI=1S/C12H16INOS/c1-9(14-16(15)12(2,3)4)10-6-5-7-11(13)8-10/h5-8H,1-4H3. The third-order valence-corrected chi connectivity index (χ3v) is 4.14. The molecule has 0 heterocycles. The molecule has 88 valence electrons. The zero-order chi connectivity index (χ0) is 12.3. The van der Waals surface area contributed by atoms with E-state index in [4.69, 9.17) is 0 Å². The predicted octanol–water partition coefficient (Wildman–Crippen LogP) is 3.56. The molecule has 0 aliphatic heterocycles. The summed E-state index contributed by atoms with van der Waals surface area (Å²) >= 11 is 1.07. The maximum atomic E-state index is 11.9. The van der Waals surface area contributed by atoms with Crippen LogP contribution in [0.5, 0.6) is 0 Å². The summed E-state index contributed by atoms with van der Waals surface area (Å²) in [5.74, 6) is 0. The molecule has 1 rings (SSSR count). The highest BCUT2D eigenvalue weighted by Crippen LogP contribution is 2.18. The van der Waals surface area contributed by atoms with E-state index < -0.39 is 11.4 Å². The predicted molar refractivity (Wildman–Crippen MR) is 79.3 cm³/mol. The van der Waals surface area contributed by atoms with Crippen LogP contribution >= 0.6 is 22.6 Å². The van der Waals surface area contributed by atoms with E-state index >= 15 is 0 Å². The molecule has 0 saturated heterocycles. The second-order valence-electron chi connectivity index (χ2n) is 4.55. The lowest BCUT2D eigenvalue weighted by Crippen LogP contribution is -2.26. The molecule has 4 heteroatoms. The van der Waals surface area contributed by atoms with Crippen LogP contribution in [0.15, 0.2) is 28.7 Å². The first kappa shape index (κ1) is 14.0. The Labute approximate surface area is 114 Å². The molecular weight excluding hydrogens is 333 g/mol. The van der Waals surface area contributed by atoms with Gasteiger partial charge in [0.15, 0.2) is 0 Å². The number of halogens is 1. The highest BCUT2D eigenvalue weighted by molar-refractivity contribution is 14.1. The van der Waals surface area contributed by atoms with Gasteiger partial charge in [-0.2, -0.15) is 0 Å². The summed E-state index contributed by atoms with van der Waals surface area (Å²) in [6.45, 7) is 7.67. The van der Waals surface area contributed by atoms with Gasteiger partial charge in [-0.1, -0.05) is 16.5 Å². The minimum Gasteiger partial charge on any atom is -0.591 e. The smallest absolute Gasteiger partial charge is 0.144 e. The molecule has 0 radical (unpaired) electrons. The van der Waals surface area contributed by atoms with Crippen molar-refractivity contribution >= 4 is 39.7 Å². The van der Waals surface area contributed by atoms with Crippen molar-refractivity contribution in [2.24, 2.45) is 4.40 Å². The van der Waals surface area contributed by atoms with Gasteiger partial charge >= 0.3 is 0 Å². The Morgan fingerprint density at radius 1 is 1.38 bits per heavy atom. The first-order chi connectivity index (χ1) is 7.30. The highest BCUT2D eigenvalue weighted by atomic mass is 127. The molecule has 2 nitrogen and oxygen atoms in total. The van der Waals surface area contributed by atoms with E-state index in [1.165, 1.54) is 0 Å². The molecule has 0 aromatic heterocycles. The molecule has 0 saturated carbocycles. The molecule has 0 fully saturated rings. The quantitative estimate of drug-likeness (QED) is 0.457. The van der Waals surface area contributed by atoms with Crippen LogP contribution in [0.2, 0.25) is 0 Å². The molecule has 1 atom stereocenters. The van der Waals surface area contributed by atoms with Gasteiger partial charge < -0.3 is 4.55 Å². The summed E-state index contributed by atoms with van der Waals surface area (Å²) in [6.07, 6.45) is 0. The second-order valence-corrected chi connectivity index (χ2v) is 7.70. The van der Waals surface area contributed by atoms with Crippen LogP contribution in [0.1, 0.15) is 33.3 Å². The van der Waals surface area contributed by atoms with Gasteiger partial charge in [0.2, 0.25) is 0 Å². The van der Waals surface area contributed by atoms with Crippen LogP contribution in [0, 0.1) is 3.57 Å². The van der Waals surface area contributed by atoms with Gasteiger partial charge in [0.05, 0.1) is 5.71 Å². The SMILES string of the molecule is CC(=N[S+]([O-])C(C)(C)C)c1cccc(I)c1. The fourth-order valence-corrected chi connectivity index (χ4v) is 2.20. The minimum absolute atomic E-state index is 0.302. The molecule has 0 spiro atoms. The summed E-state index contributed by atoms with van der Waals surface area (Å²) in [6, 6.07) is 8.04. The zero-order valence-electron chi connectivity index (χ0n) is 9.95. The fourth-order valence-electron chi connectivity index (χ4n) is 1.03. The van der Waals surface area contributed by atoms with Crippen molar-refractivity contribution in [2.75, 3.05) is 0 Å². The number of rotatable bonds is 2. The van der Waals surface area contributed by atoms with Crippen molar-refractivity contribution in [3.05, 3.63) is 33.4 Å². The van der Waals surface area contributed by atoms with Gasteiger partial charge in [0.25, 0.3) is 0 Å². The molecular formula is C12H16INOS. The third kappa shape index (κ3) is 4.07. The Hall–Kier alpha value is -0.0700. The summed E-state index contributed by atoms with van der Waals surface area (Å²) in [5.41, 5.74) is 1.86. The lowest BCUT2D eigenvalue weighted by molar-refractivity contribution is 0.561. The Balaban J connectivity index is 2.94. The monoisotopic (exact) mass is 349 g/mol. The van der Waals surface area contributed by atoms with Crippen LogP contribution in [0.3, 0.4) is 0 Å². The molecule has 16 heavy (non-hydrogen) atoms. The van der Waals surface area contributed by atoms with Gasteiger partial charge in [-0.25, -0.2) is 0 Å². The molecule has 0 aliphatic carbocycles. The van der Waals surface area contributed by atoms with Crippen LogP contribution < -0.4 is 0 Å². The van der Waals surface area contributed by atoms with Crippen molar-refractivity contribution in [3.8, 4) is 0 Å². The van der Waals surface area contributed by atoms with Crippen molar-refractivity contribution < 1.29 is 4.55 Å². The minimum atomic E-state index is -1.19. The lowest BCUT2D eigenvalue weighted by atomic mass is 10.1. The van der Waals surface area contributed by atoms with Crippen LogP contribution in [-0.4, -0.2) is 15.0 Å². The fraction of sp³-hybridized carbons (Fsp3) is 0.417. The topological polar surface area (TPSA) is 35.4 Å². The summed E-state index contributed by atoms with van der Waals surface area (Å²) in [4.78, 5) is 0. The van der Waals surface area contributed by atoms with Crippen molar-refractivity contribution in [1.29, 1.82) is 0 Å². The number of nitrogens with zero attached hydrogens (tertiary/aromatic N) is 1. The summed E-state index contributed by atoms with van der Waals surface area (Å²) in [5, 5.41) is 0. The van der Waals surface area contributed by atoms with E-state index in [2.05, 4.69) is 27.0 Å². The van der Waals surface area contributed by atoms with Gasteiger partial charge in [-0.3, -0.25) is 0 Å². The van der Waals surface area contributed by atoms with Gasteiger partial charge in [-0.15, -0.1) is 0 Å². The van der Waals surface area contributed by atoms with E-state index in [0.29, 0.717) is 0 Å². The van der Waals surface area contributed by atoms with Gasteiger partial charge in [0.1, 0.15) is 16.1 Å². The maximum absolute atomic E-state index is 11.9. The first-order valence-corrected chi connectivity index (χ1v) is 7.22. The lowest BCUT2D eigenvalue weighted by Gasteiger charge is -2.18. The van der Waals surface area contributed by atoms with Crippen molar-refractivity contribution in [1.82, 2.24) is 0 Å². The average molecular weight is 349 g/mol. The number of benzene rings is 1. The Morgan fingerprint density at radius 2 is 2.00 bits per heavy atom. The zero-order valence-corrected chi connectivity index (χ0v) is 12.9. The van der Waals surface area contributed by atoms with E-state index in [0.717, 1.165) is 14.8 Å². The van der Waals surface area contributed by atoms with Gasteiger partial charge in [-0.05, 0) is 62.4 Å². The Morgan fingerprint density at radius 3 is 2.50 bits per heavy atom. The molecule has 0 bridgehead atoms. The molecule has 1 aromatic rings. The van der Waals surface area contributed by atoms with E-state index in [1.807, 2.05) is 52.0 Å². The molecule has 1 unspecified atom stereocenters. The Bertz CT molecular complexity index is 398. The molecule has 1 aromatic carbocycles. The first-order valence-electron chi connectivity index (χ1n) is 5.04. The van der Waals surface area contributed by atoms with Gasteiger partial charge in [0, 0.05) is 9.13 Å². The molecule has 0 amide bonds.